The third-order valence-electron chi connectivity index (χ3n) is 5.58. The lowest BCUT2D eigenvalue weighted by molar-refractivity contribution is -0.120. The van der Waals surface area contributed by atoms with Crippen LogP contribution < -0.4 is 5.32 Å². The Morgan fingerprint density at radius 3 is 2.50 bits per heavy atom. The van der Waals surface area contributed by atoms with Crippen LogP contribution in [0, 0.1) is 0 Å². The molecule has 1 aliphatic rings. The number of carbonyl (C=O) groups excluding carboxylic acids is 2. The zero-order chi connectivity index (χ0) is 21.1. The van der Waals surface area contributed by atoms with E-state index in [1.165, 1.54) is 0 Å². The first kappa shape index (κ1) is 20.1. The fraction of sp³-hybridized carbons (Fsp3) is 0.320. The van der Waals surface area contributed by atoms with Crippen LogP contribution >= 0.6 is 0 Å². The van der Waals surface area contributed by atoms with Crippen LogP contribution in [0.1, 0.15) is 55.1 Å². The summed E-state index contributed by atoms with van der Waals surface area (Å²) < 4.78 is 0. The number of para-hydroxylation sites is 2. The van der Waals surface area contributed by atoms with Crippen molar-refractivity contribution in [2.24, 2.45) is 0 Å². The van der Waals surface area contributed by atoms with Crippen LogP contribution in [-0.2, 0) is 4.79 Å². The monoisotopic (exact) mass is 401 g/mol. The van der Waals surface area contributed by atoms with Gasteiger partial charge in [0.15, 0.2) is 0 Å². The second kappa shape index (κ2) is 8.66. The predicted molar refractivity (Wildman–Crippen MR) is 120 cm³/mol. The van der Waals surface area contributed by atoms with Crippen molar-refractivity contribution in [2.75, 3.05) is 11.9 Å². The molecule has 1 aromatic heterocycles. The van der Waals surface area contributed by atoms with E-state index in [1.54, 1.807) is 11.8 Å². The molecule has 2 amide bonds. The van der Waals surface area contributed by atoms with Gasteiger partial charge in [-0.2, -0.15) is 0 Å². The van der Waals surface area contributed by atoms with Gasteiger partial charge in [-0.1, -0.05) is 43.3 Å². The largest absolute Gasteiger partial charge is 0.327 e. The fourth-order valence-corrected chi connectivity index (χ4v) is 3.74. The molecule has 4 rings (SSSR count). The van der Waals surface area contributed by atoms with Crippen LogP contribution in [0.5, 0.6) is 0 Å². The van der Waals surface area contributed by atoms with E-state index in [0.717, 1.165) is 41.5 Å². The van der Waals surface area contributed by atoms with Crippen LogP contribution in [-0.4, -0.2) is 34.3 Å². The molecular weight excluding hydrogens is 374 g/mol. The molecule has 0 radical (unpaired) electrons. The number of carbonyl (C=O) groups is 2. The highest BCUT2D eigenvalue weighted by molar-refractivity contribution is 6.08. The Morgan fingerprint density at radius 2 is 1.80 bits per heavy atom. The average Bonchev–Trinajstić information content (AvgIpc) is 3.62. The van der Waals surface area contributed by atoms with E-state index in [-0.39, 0.29) is 11.8 Å². The minimum Gasteiger partial charge on any atom is -0.327 e. The number of nitrogens with one attached hydrogen (secondary N) is 1. The molecule has 5 nitrogen and oxygen atoms in total. The Morgan fingerprint density at radius 1 is 1.10 bits per heavy atom. The lowest BCUT2D eigenvalue weighted by atomic mass is 10.0. The third kappa shape index (κ3) is 4.20. The van der Waals surface area contributed by atoms with Crippen molar-refractivity contribution in [3.05, 3.63) is 71.9 Å². The Bertz CT molecular complexity index is 1060. The molecule has 1 fully saturated rings. The first-order valence-corrected chi connectivity index (χ1v) is 10.6. The molecule has 0 aliphatic heterocycles. The van der Waals surface area contributed by atoms with Crippen LogP contribution in [0.15, 0.2) is 60.7 Å². The highest BCUT2D eigenvalue weighted by Crippen LogP contribution is 2.40. The van der Waals surface area contributed by atoms with Gasteiger partial charge in [-0.05, 0) is 50.5 Å². The number of hydrogen-bond acceptors (Lipinski definition) is 3. The van der Waals surface area contributed by atoms with Gasteiger partial charge < -0.3 is 10.2 Å². The van der Waals surface area contributed by atoms with Gasteiger partial charge in [-0.15, -0.1) is 0 Å². The molecule has 0 spiro atoms. The molecule has 1 heterocycles. The molecule has 3 aromatic rings. The average molecular weight is 402 g/mol. The predicted octanol–water partition coefficient (Wildman–Crippen LogP) is 4.99. The topological polar surface area (TPSA) is 62.3 Å². The summed E-state index contributed by atoms with van der Waals surface area (Å²) in [5, 5.41) is 3.76. The van der Waals surface area contributed by atoms with E-state index in [1.807, 2.05) is 67.6 Å². The molecule has 1 aliphatic carbocycles. The summed E-state index contributed by atoms with van der Waals surface area (Å²) >= 11 is 0. The number of benzene rings is 2. The summed E-state index contributed by atoms with van der Waals surface area (Å²) in [7, 11) is 0. The lowest BCUT2D eigenvalue weighted by Crippen LogP contribution is -2.46. The van der Waals surface area contributed by atoms with E-state index >= 15 is 0 Å². The van der Waals surface area contributed by atoms with Gasteiger partial charge in [0.1, 0.15) is 6.04 Å². The smallest absolute Gasteiger partial charge is 0.255 e. The zero-order valence-corrected chi connectivity index (χ0v) is 17.5. The summed E-state index contributed by atoms with van der Waals surface area (Å²) in [4.78, 5) is 33.0. The molecule has 1 unspecified atom stereocenters. The molecular formula is C25H27N3O2. The van der Waals surface area contributed by atoms with Crippen molar-refractivity contribution in [2.45, 2.75) is 45.1 Å². The van der Waals surface area contributed by atoms with Gasteiger partial charge in [0.2, 0.25) is 5.91 Å². The molecule has 30 heavy (non-hydrogen) atoms. The molecule has 1 saturated carbocycles. The molecule has 154 valence electrons. The van der Waals surface area contributed by atoms with Gasteiger partial charge in [0.05, 0.1) is 11.1 Å². The molecule has 1 atom stereocenters. The fourth-order valence-electron chi connectivity index (χ4n) is 3.74. The van der Waals surface area contributed by atoms with Gasteiger partial charge >= 0.3 is 0 Å². The second-order valence-electron chi connectivity index (χ2n) is 7.92. The molecule has 2 aromatic carbocycles. The van der Waals surface area contributed by atoms with Crippen LogP contribution in [0.3, 0.4) is 0 Å². The highest BCUT2D eigenvalue weighted by Gasteiger charge is 2.30. The summed E-state index contributed by atoms with van der Waals surface area (Å²) in [5.74, 6) is 0.136. The standard InChI is InChI=1S/C25H27N3O2/c1-3-15-28(17(2)24(29)26-19-9-5-4-6-10-19)25(30)21-16-23(18-13-14-18)27-22-12-8-7-11-20(21)22/h4-12,16-18H,3,13-15H2,1-2H3,(H,26,29). The van der Waals surface area contributed by atoms with E-state index in [0.29, 0.717) is 18.0 Å². The minimum atomic E-state index is -0.589. The summed E-state index contributed by atoms with van der Waals surface area (Å²) in [6.45, 7) is 4.32. The van der Waals surface area contributed by atoms with Crippen LogP contribution in [0.25, 0.3) is 10.9 Å². The van der Waals surface area contributed by atoms with E-state index in [4.69, 9.17) is 4.98 Å². The molecule has 5 heteroatoms. The number of pyridine rings is 1. The Balaban J connectivity index is 1.65. The zero-order valence-electron chi connectivity index (χ0n) is 17.5. The Hall–Kier alpha value is -3.21. The van der Waals surface area contributed by atoms with Crippen molar-refractivity contribution >= 4 is 28.4 Å². The van der Waals surface area contributed by atoms with Crippen LogP contribution in [0.2, 0.25) is 0 Å². The first-order chi connectivity index (χ1) is 14.6. The Kier molecular flexibility index (Phi) is 5.79. The van der Waals surface area contributed by atoms with Crippen molar-refractivity contribution in [1.29, 1.82) is 0 Å². The summed E-state index contributed by atoms with van der Waals surface area (Å²) in [5.41, 5.74) is 3.18. The number of amides is 2. The van der Waals surface area contributed by atoms with Crippen LogP contribution in [0.4, 0.5) is 5.69 Å². The van der Waals surface area contributed by atoms with Crippen molar-refractivity contribution in [1.82, 2.24) is 9.88 Å². The maximum atomic E-state index is 13.7. The SMILES string of the molecule is CCCN(C(=O)c1cc(C2CC2)nc2ccccc12)C(C)C(=O)Nc1ccccc1. The van der Waals surface area contributed by atoms with E-state index in [9.17, 15) is 9.59 Å². The first-order valence-electron chi connectivity index (χ1n) is 10.6. The van der Waals surface area contributed by atoms with Gasteiger partial charge in [0.25, 0.3) is 5.91 Å². The minimum absolute atomic E-state index is 0.118. The summed E-state index contributed by atoms with van der Waals surface area (Å²) in [6, 6.07) is 18.4. The maximum absolute atomic E-state index is 13.7. The number of hydrogen-bond donors (Lipinski definition) is 1. The van der Waals surface area contributed by atoms with Crippen molar-refractivity contribution in [3.63, 3.8) is 0 Å². The number of anilines is 1. The molecule has 0 bridgehead atoms. The molecule has 1 N–H and O–H groups in total. The summed E-state index contributed by atoms with van der Waals surface area (Å²) in [6.07, 6.45) is 3.01. The third-order valence-corrected chi connectivity index (χ3v) is 5.58. The van der Waals surface area contributed by atoms with E-state index in [2.05, 4.69) is 5.32 Å². The van der Waals surface area contributed by atoms with Crippen molar-refractivity contribution < 1.29 is 9.59 Å². The highest BCUT2D eigenvalue weighted by atomic mass is 16.2. The number of nitrogens with zero attached hydrogens (tertiary/aromatic N) is 2. The number of fused-ring (bicyclic) bond motifs is 1. The Labute approximate surface area is 177 Å². The van der Waals surface area contributed by atoms with E-state index < -0.39 is 6.04 Å². The normalized spacial score (nSPS) is 14.3. The van der Waals surface area contributed by atoms with Crippen molar-refractivity contribution in [3.8, 4) is 0 Å². The number of rotatable bonds is 7. The maximum Gasteiger partial charge on any atom is 0.255 e. The van der Waals surface area contributed by atoms with Gasteiger partial charge in [-0.3, -0.25) is 14.6 Å². The molecule has 0 saturated heterocycles. The number of aromatic nitrogens is 1. The lowest BCUT2D eigenvalue weighted by Gasteiger charge is -2.29. The van der Waals surface area contributed by atoms with Gasteiger partial charge in [-0.25, -0.2) is 0 Å². The van der Waals surface area contributed by atoms with Gasteiger partial charge in [0, 0.05) is 29.2 Å². The quantitative estimate of drug-likeness (QED) is 0.606. The second-order valence-corrected chi connectivity index (χ2v) is 7.92.